The minimum atomic E-state index is -4.06. The van der Waals surface area contributed by atoms with Crippen LogP contribution in [0.4, 0.5) is 28.4 Å². The molecular formula is C25H27Cl3N13NaO13S5Sn. The Morgan fingerprint density at radius 3 is 1.39 bits per heavy atom. The van der Waals surface area contributed by atoms with Gasteiger partial charge in [-0.25, -0.2) is 27.1 Å². The van der Waals surface area contributed by atoms with Crippen LogP contribution in [0.3, 0.4) is 0 Å². The maximum absolute atomic E-state index is 10.8. The average Bonchev–Trinajstić information content (AvgIpc) is 3.15. The second-order valence-electron chi connectivity index (χ2n) is 9.13. The number of anilines is 1. The van der Waals surface area contributed by atoms with E-state index in [0.29, 0.717) is 4.90 Å². The third-order valence-corrected chi connectivity index (χ3v) is 8.62. The van der Waals surface area contributed by atoms with E-state index in [1.165, 1.54) is 61.4 Å². The number of hydrogen-bond donors (Lipinski definition) is 5. The van der Waals surface area contributed by atoms with E-state index in [2.05, 4.69) is 37.1 Å². The number of aromatic nitrogens is 5. The molecule has 0 aromatic carbocycles. The van der Waals surface area contributed by atoms with E-state index in [4.69, 9.17) is 50.6 Å². The van der Waals surface area contributed by atoms with Gasteiger partial charge in [0.15, 0.2) is 4.90 Å². The minimum Gasteiger partial charge on any atom is -0.813 e. The predicted octanol–water partition coefficient (Wildman–Crippen LogP) is 0.107. The molecular weight excluding hydrogens is 1100 g/mol. The molecule has 0 spiro atoms. The van der Waals surface area contributed by atoms with Crippen molar-refractivity contribution in [3.05, 3.63) is 142 Å². The van der Waals surface area contributed by atoms with Gasteiger partial charge in [-0.1, -0.05) is 23.8 Å². The van der Waals surface area contributed by atoms with Gasteiger partial charge in [0.05, 0.1) is 37.8 Å². The number of rotatable bonds is 7. The number of aromatic amines is 1. The molecule has 0 amide bonds. The Morgan fingerprint density at radius 1 is 0.689 bits per heavy atom. The predicted molar refractivity (Wildman–Crippen MR) is 227 cm³/mol. The number of H-pyrrole nitrogens is 1. The van der Waals surface area contributed by atoms with Crippen LogP contribution in [0.5, 0.6) is 0 Å². The van der Waals surface area contributed by atoms with E-state index in [9.17, 15) is 57.3 Å². The van der Waals surface area contributed by atoms with Crippen LogP contribution in [0.15, 0.2) is 107 Å². The number of pyridine rings is 5. The van der Waals surface area contributed by atoms with Gasteiger partial charge in [-0.2, -0.15) is 0 Å². The molecule has 36 heteroatoms. The summed E-state index contributed by atoms with van der Waals surface area (Å²) in [6.45, 7) is 0. The molecule has 0 atom stereocenters. The third kappa shape index (κ3) is 25.2. The fourth-order valence-electron chi connectivity index (χ4n) is 3.07. The average molecular weight is 1130 g/mol. The van der Waals surface area contributed by atoms with Crippen LogP contribution < -0.4 is 50.7 Å². The molecule has 61 heavy (non-hydrogen) atoms. The van der Waals surface area contributed by atoms with Crippen molar-refractivity contribution in [2.24, 2.45) is 15.4 Å². The summed E-state index contributed by atoms with van der Waals surface area (Å²) in [7, 11) is 2.11. The number of halogens is 3. The van der Waals surface area contributed by atoms with Crippen molar-refractivity contribution in [2.75, 3.05) is 5.73 Å². The fourth-order valence-corrected chi connectivity index (χ4v) is 5.13. The number of sulfonamides is 2. The number of hydrogen-bond acceptors (Lipinski definition) is 21. The van der Waals surface area contributed by atoms with Gasteiger partial charge in [0.25, 0.3) is 0 Å². The molecule has 0 aliphatic heterocycles. The monoisotopic (exact) mass is 1120 g/mol. The summed E-state index contributed by atoms with van der Waals surface area (Å²) in [6.07, 6.45) is 12.5. The van der Waals surface area contributed by atoms with Crippen LogP contribution in [0.2, 0.25) is 5.02 Å². The number of nitrogen functional groups attached to an aromatic ring is 1. The smallest absolute Gasteiger partial charge is 0.813 e. The molecule has 0 fully saturated rings. The second kappa shape index (κ2) is 33.1. The summed E-state index contributed by atoms with van der Waals surface area (Å²) >= 11 is 10.1. The molecule has 5 rings (SSSR count). The summed E-state index contributed by atoms with van der Waals surface area (Å²) in [6, 6.07) is 6.59. The van der Waals surface area contributed by atoms with Crippen molar-refractivity contribution >= 4 is 134 Å². The molecule has 0 bridgehead atoms. The van der Waals surface area contributed by atoms with Crippen LogP contribution in [-0.2, 0) is 33.5 Å². The SMILES string of the molecule is NS(=O)(=O)c1ccncc1[N+](=O)[O-].NSc1ccncc1[N+](=O)[O-].Nc1cnccc1S(N)(=O)=O.O.O=[N+]([O-])c1c[nH]ccc1=S.O=[N+]([O-])c1cnccc1Cl.[Cl][Sn][Cl].[Na+].[SH-]. The first-order valence-corrected chi connectivity index (χ1v) is 25.8. The molecule has 0 saturated carbocycles. The van der Waals surface area contributed by atoms with Crippen LogP contribution in [0, 0.1) is 45.0 Å². The van der Waals surface area contributed by atoms with Gasteiger partial charge < -0.3 is 29.7 Å². The molecule has 0 saturated heterocycles. The largest absolute Gasteiger partial charge is 1.00 e. The molecule has 0 aliphatic carbocycles. The zero-order valence-electron chi connectivity index (χ0n) is 30.2. The van der Waals surface area contributed by atoms with Crippen molar-refractivity contribution in [3.63, 3.8) is 0 Å². The Kier molecular flexibility index (Phi) is 34.8. The Balaban J connectivity index is -0.000000324. The summed E-state index contributed by atoms with van der Waals surface area (Å²) in [5, 5.41) is 55.7. The number of nitrogens with zero attached hydrogens (tertiary/aromatic N) is 8. The van der Waals surface area contributed by atoms with E-state index < -0.39 is 69.2 Å². The molecule has 2 radical (unpaired) electrons. The van der Waals surface area contributed by atoms with Crippen LogP contribution in [-0.4, -0.2) is 85.8 Å². The normalized spacial score (nSPS) is 9.48. The quantitative estimate of drug-likeness (QED) is 0.0274. The molecule has 326 valence electrons. The van der Waals surface area contributed by atoms with E-state index in [1.807, 2.05) is 0 Å². The van der Waals surface area contributed by atoms with Crippen LogP contribution >= 0.6 is 53.6 Å². The van der Waals surface area contributed by atoms with Crippen molar-refractivity contribution in [2.45, 2.75) is 14.7 Å². The van der Waals surface area contributed by atoms with Crippen LogP contribution in [0.1, 0.15) is 0 Å². The van der Waals surface area contributed by atoms with Crippen molar-refractivity contribution in [3.8, 4) is 0 Å². The van der Waals surface area contributed by atoms with Gasteiger partial charge in [0.2, 0.25) is 20.0 Å². The van der Waals surface area contributed by atoms with Gasteiger partial charge in [-0.3, -0.25) is 65.5 Å². The molecule has 11 N–H and O–H groups in total. The van der Waals surface area contributed by atoms with Gasteiger partial charge in [0.1, 0.15) is 37.9 Å². The fraction of sp³-hybridized carbons (Fsp3) is 0. The molecule has 0 unspecified atom stereocenters. The maximum Gasteiger partial charge on any atom is 1.00 e. The molecule has 5 aromatic heterocycles. The van der Waals surface area contributed by atoms with Crippen molar-refractivity contribution in [1.29, 1.82) is 0 Å². The van der Waals surface area contributed by atoms with Crippen molar-refractivity contribution < 1.29 is 71.6 Å². The van der Waals surface area contributed by atoms with E-state index in [1.54, 1.807) is 6.20 Å². The molecule has 0 aliphatic rings. The number of thiol groups is 1. The number of nitrogens with two attached hydrogens (primary N) is 4. The van der Waals surface area contributed by atoms with Gasteiger partial charge in [-0.15, -0.1) is 0 Å². The Hall–Kier alpha value is -3.52. The number of primary sulfonamides is 2. The van der Waals surface area contributed by atoms with Gasteiger partial charge >= 0.3 is 89.0 Å². The first-order valence-electron chi connectivity index (χ1n) is 13.8. The number of nitrogens with one attached hydrogen (secondary N) is 1. The number of nitro groups is 4. The maximum atomic E-state index is 10.8. The summed E-state index contributed by atoms with van der Waals surface area (Å²) in [4.78, 5) is 54.9. The van der Waals surface area contributed by atoms with Crippen LogP contribution in [0.25, 0.3) is 0 Å². The molecule has 5 aromatic rings. The summed E-state index contributed by atoms with van der Waals surface area (Å²) in [5.74, 6) is 0. The zero-order valence-corrected chi connectivity index (χ0v) is 41.4. The molecule has 5 heterocycles. The Bertz CT molecular complexity index is 2470. The molecule has 26 nitrogen and oxygen atoms in total. The first kappa shape index (κ1) is 64.1. The van der Waals surface area contributed by atoms with Gasteiger partial charge in [-0.05, 0) is 42.3 Å². The van der Waals surface area contributed by atoms with E-state index >= 15 is 0 Å². The Morgan fingerprint density at radius 2 is 1.08 bits per heavy atom. The topological polar surface area (TPSA) is 444 Å². The van der Waals surface area contributed by atoms with E-state index in [-0.39, 0.29) is 85.7 Å². The summed E-state index contributed by atoms with van der Waals surface area (Å²) < 4.78 is 43.3. The first-order chi connectivity index (χ1) is 27.0. The minimum absolute atomic E-state index is 0. The zero-order chi connectivity index (χ0) is 44.6. The Labute approximate surface area is 405 Å². The third-order valence-electron chi connectivity index (χ3n) is 5.41. The standard InChI is InChI=1S/C5H3ClN2O2.C5H5N3O4S.C5H5N3O2S.C5H7N3O2S.C5H4N2O2S.2ClH.Na.H2O.H2S.Sn/c6-4-1-2-7-3-5(4)8(9)10;6-13(11,12)5-1-2-7-3-4(5)8(9)10;6-11-5-1-2-7-3-4(5)8(9)10;6-4-3-8-2-1-5(4)11(7,9)10;8-7(9)4-3-6-2-1-5(4)10;;;;;;/h1-3H;1-3H,(H2,6,11,12);1-3H,6H2;1-3H,6H2,(H2,7,9,10);1-3H,(H,6,10);2*1H;;2*1H2;/q;;;;;;;+1;;;+2/p-3. The second-order valence-corrected chi connectivity index (χ2v) is 18.0. The van der Waals surface area contributed by atoms with E-state index in [0.717, 1.165) is 36.6 Å². The van der Waals surface area contributed by atoms with Crippen molar-refractivity contribution in [1.82, 2.24) is 24.9 Å². The summed E-state index contributed by atoms with van der Waals surface area (Å²) in [5.41, 5.74) is 4.45. The van der Waals surface area contributed by atoms with Gasteiger partial charge in [0, 0.05) is 31.0 Å².